The van der Waals surface area contributed by atoms with Crippen molar-refractivity contribution in [3.05, 3.63) is 28.6 Å². The lowest BCUT2D eigenvalue weighted by molar-refractivity contribution is -0.127. The highest BCUT2D eigenvalue weighted by atomic mass is 79.9. The van der Waals surface area contributed by atoms with E-state index in [1.807, 2.05) is 4.90 Å². The van der Waals surface area contributed by atoms with E-state index in [4.69, 9.17) is 9.52 Å². The molecular weight excluding hydrogens is 312 g/mol. The fourth-order valence-electron chi connectivity index (χ4n) is 2.01. The van der Waals surface area contributed by atoms with Crippen molar-refractivity contribution in [3.63, 3.8) is 0 Å². The van der Waals surface area contributed by atoms with Crippen molar-refractivity contribution in [2.24, 2.45) is 0 Å². The van der Waals surface area contributed by atoms with Crippen LogP contribution in [-0.4, -0.2) is 60.1 Å². The van der Waals surface area contributed by atoms with E-state index in [1.54, 1.807) is 18.2 Å². The van der Waals surface area contributed by atoms with E-state index >= 15 is 0 Å². The van der Waals surface area contributed by atoms with Gasteiger partial charge >= 0.3 is 0 Å². The van der Waals surface area contributed by atoms with Crippen LogP contribution in [0.2, 0.25) is 0 Å². The zero-order valence-corrected chi connectivity index (χ0v) is 12.2. The average Bonchev–Trinajstić information content (AvgIpc) is 2.83. The van der Waals surface area contributed by atoms with Gasteiger partial charge in [0.1, 0.15) is 5.76 Å². The third-order valence-corrected chi connectivity index (χ3v) is 3.51. The number of furan rings is 1. The summed E-state index contributed by atoms with van der Waals surface area (Å²) in [5, 5.41) is 8.86. The number of carbonyl (C=O) groups excluding carboxylic acids is 1. The van der Waals surface area contributed by atoms with E-state index in [1.165, 1.54) is 6.08 Å². The van der Waals surface area contributed by atoms with Gasteiger partial charge in [0.05, 0.1) is 6.61 Å². The predicted octanol–water partition coefficient (Wildman–Crippen LogP) is 1.19. The molecule has 0 radical (unpaired) electrons. The molecule has 2 rings (SSSR count). The van der Waals surface area contributed by atoms with Crippen molar-refractivity contribution in [1.29, 1.82) is 0 Å². The Morgan fingerprint density at radius 1 is 1.37 bits per heavy atom. The van der Waals surface area contributed by atoms with Crippen LogP contribution in [-0.2, 0) is 4.79 Å². The van der Waals surface area contributed by atoms with Crippen molar-refractivity contribution in [3.8, 4) is 0 Å². The quantitative estimate of drug-likeness (QED) is 0.843. The molecule has 1 saturated heterocycles. The Kier molecular flexibility index (Phi) is 5.18. The molecule has 0 saturated carbocycles. The topological polar surface area (TPSA) is 56.9 Å². The van der Waals surface area contributed by atoms with E-state index in [-0.39, 0.29) is 12.5 Å². The van der Waals surface area contributed by atoms with Crippen molar-refractivity contribution >= 4 is 27.9 Å². The molecule has 0 atom stereocenters. The predicted molar refractivity (Wildman–Crippen MR) is 75.5 cm³/mol. The minimum atomic E-state index is -0.00355. The molecule has 1 aromatic heterocycles. The number of aliphatic hydroxyl groups excluding tert-OH is 1. The molecule has 19 heavy (non-hydrogen) atoms. The maximum Gasteiger partial charge on any atom is 0.246 e. The average molecular weight is 329 g/mol. The lowest BCUT2D eigenvalue weighted by Crippen LogP contribution is -2.48. The number of piperazine rings is 1. The second kappa shape index (κ2) is 6.88. The number of carbonyl (C=O) groups is 1. The summed E-state index contributed by atoms with van der Waals surface area (Å²) in [4.78, 5) is 15.9. The Labute approximate surface area is 120 Å². The third kappa shape index (κ3) is 4.19. The highest BCUT2D eigenvalue weighted by Crippen LogP contribution is 2.15. The van der Waals surface area contributed by atoms with E-state index < -0.39 is 0 Å². The van der Waals surface area contributed by atoms with Crippen LogP contribution in [0.15, 0.2) is 27.3 Å². The van der Waals surface area contributed by atoms with Gasteiger partial charge in [0, 0.05) is 38.8 Å². The van der Waals surface area contributed by atoms with Gasteiger partial charge in [-0.25, -0.2) is 0 Å². The fraction of sp³-hybridized carbons (Fsp3) is 0.462. The van der Waals surface area contributed by atoms with Crippen LogP contribution >= 0.6 is 15.9 Å². The molecule has 5 nitrogen and oxygen atoms in total. The number of hydrogen-bond donors (Lipinski definition) is 1. The summed E-state index contributed by atoms with van der Waals surface area (Å²) in [6.07, 6.45) is 3.21. The summed E-state index contributed by atoms with van der Waals surface area (Å²) in [6.45, 7) is 3.87. The highest BCUT2D eigenvalue weighted by molar-refractivity contribution is 9.10. The van der Waals surface area contributed by atoms with Gasteiger partial charge in [0.2, 0.25) is 5.91 Å². The minimum Gasteiger partial charge on any atom is -0.450 e. The van der Waals surface area contributed by atoms with Gasteiger partial charge in [-0.15, -0.1) is 0 Å². The van der Waals surface area contributed by atoms with E-state index in [9.17, 15) is 4.79 Å². The first-order chi connectivity index (χ1) is 9.19. The van der Waals surface area contributed by atoms with Crippen LogP contribution in [0, 0.1) is 0 Å². The van der Waals surface area contributed by atoms with Gasteiger partial charge in [-0.05, 0) is 34.1 Å². The van der Waals surface area contributed by atoms with Crippen molar-refractivity contribution in [2.45, 2.75) is 0 Å². The summed E-state index contributed by atoms with van der Waals surface area (Å²) in [5.74, 6) is 0.648. The van der Waals surface area contributed by atoms with Crippen LogP contribution < -0.4 is 0 Å². The Bertz CT molecular complexity index is 450. The molecule has 1 fully saturated rings. The van der Waals surface area contributed by atoms with Crippen LogP contribution in [0.1, 0.15) is 5.76 Å². The second-order valence-corrected chi connectivity index (χ2v) is 5.15. The Balaban J connectivity index is 1.83. The molecule has 1 amide bonds. The first-order valence-electron chi connectivity index (χ1n) is 6.24. The Hall–Kier alpha value is -1.11. The van der Waals surface area contributed by atoms with Gasteiger partial charge in [-0.3, -0.25) is 9.69 Å². The molecular formula is C13H17BrN2O3. The number of β-amino-alcohol motifs (C(OH)–C–C–N with tert-alkyl or cyclic N) is 1. The molecule has 1 aliphatic heterocycles. The number of amides is 1. The number of nitrogens with zero attached hydrogens (tertiary/aromatic N) is 2. The number of halogens is 1. The molecule has 1 aliphatic rings. The minimum absolute atomic E-state index is 0.00355. The zero-order valence-electron chi connectivity index (χ0n) is 10.6. The van der Waals surface area contributed by atoms with E-state index in [2.05, 4.69) is 20.8 Å². The normalized spacial score (nSPS) is 17.3. The SMILES string of the molecule is O=C(/C=C/c1ccc(Br)o1)N1CCN(CCO)CC1. The maximum atomic E-state index is 12.0. The molecule has 0 unspecified atom stereocenters. The molecule has 6 heteroatoms. The molecule has 0 aliphatic carbocycles. The lowest BCUT2D eigenvalue weighted by atomic mass is 10.3. The summed E-state index contributed by atoms with van der Waals surface area (Å²) in [7, 11) is 0. The molecule has 1 aromatic rings. The number of hydrogen-bond acceptors (Lipinski definition) is 4. The first kappa shape index (κ1) is 14.3. The summed E-state index contributed by atoms with van der Waals surface area (Å²) in [6, 6.07) is 3.59. The number of aliphatic hydroxyl groups is 1. The largest absolute Gasteiger partial charge is 0.450 e. The van der Waals surface area contributed by atoms with Gasteiger partial charge in [0.15, 0.2) is 4.67 Å². The van der Waals surface area contributed by atoms with Crippen molar-refractivity contribution in [2.75, 3.05) is 39.3 Å². The summed E-state index contributed by atoms with van der Waals surface area (Å²) in [5.41, 5.74) is 0. The van der Waals surface area contributed by atoms with Crippen molar-refractivity contribution in [1.82, 2.24) is 9.80 Å². The van der Waals surface area contributed by atoms with Crippen molar-refractivity contribution < 1.29 is 14.3 Å². The van der Waals surface area contributed by atoms with Gasteiger partial charge in [0.25, 0.3) is 0 Å². The smallest absolute Gasteiger partial charge is 0.246 e. The van der Waals surface area contributed by atoms with Crippen LogP contribution in [0.3, 0.4) is 0 Å². The van der Waals surface area contributed by atoms with E-state index in [0.29, 0.717) is 30.1 Å². The summed E-state index contributed by atoms with van der Waals surface area (Å²) < 4.78 is 5.94. The summed E-state index contributed by atoms with van der Waals surface area (Å²) >= 11 is 3.22. The molecule has 104 valence electrons. The zero-order chi connectivity index (χ0) is 13.7. The first-order valence-corrected chi connectivity index (χ1v) is 7.04. The lowest BCUT2D eigenvalue weighted by Gasteiger charge is -2.33. The maximum absolute atomic E-state index is 12.0. The van der Waals surface area contributed by atoms with E-state index in [0.717, 1.165) is 13.1 Å². The van der Waals surface area contributed by atoms with Gasteiger partial charge < -0.3 is 14.4 Å². The van der Waals surface area contributed by atoms with Crippen LogP contribution in [0.25, 0.3) is 6.08 Å². The highest BCUT2D eigenvalue weighted by Gasteiger charge is 2.18. The molecule has 0 aromatic carbocycles. The van der Waals surface area contributed by atoms with Crippen LogP contribution in [0.5, 0.6) is 0 Å². The fourth-order valence-corrected chi connectivity index (χ4v) is 2.33. The third-order valence-electron chi connectivity index (χ3n) is 3.08. The second-order valence-electron chi connectivity index (χ2n) is 4.37. The van der Waals surface area contributed by atoms with Crippen LogP contribution in [0.4, 0.5) is 0 Å². The standard InChI is InChI=1S/C13H17BrN2O3/c14-12-3-1-11(19-12)2-4-13(18)16-7-5-15(6-8-16)9-10-17/h1-4,17H,5-10H2/b4-2+. The monoisotopic (exact) mass is 328 g/mol. The molecule has 0 spiro atoms. The molecule has 1 N–H and O–H groups in total. The Morgan fingerprint density at radius 2 is 2.11 bits per heavy atom. The Morgan fingerprint density at radius 3 is 2.68 bits per heavy atom. The molecule has 0 bridgehead atoms. The number of rotatable bonds is 4. The van der Waals surface area contributed by atoms with Gasteiger partial charge in [-0.1, -0.05) is 0 Å². The van der Waals surface area contributed by atoms with Gasteiger partial charge in [-0.2, -0.15) is 0 Å². The molecule has 2 heterocycles.